The second-order valence-corrected chi connectivity index (χ2v) is 4.41. The number of nitrogens with one attached hydrogen (secondary N) is 1. The molecule has 0 aromatic carbocycles. The maximum Gasteiger partial charge on any atom is 0.410 e. The number of hydrogen-bond acceptors (Lipinski definition) is 2. The third kappa shape index (κ3) is 2.71. The monoisotopic (exact) mass is 211 g/mol. The van der Waals surface area contributed by atoms with Crippen LogP contribution in [0.3, 0.4) is 0 Å². The van der Waals surface area contributed by atoms with Gasteiger partial charge in [-0.15, -0.1) is 0 Å². The Morgan fingerprint density at radius 2 is 2.20 bits per heavy atom. The van der Waals surface area contributed by atoms with Crippen LogP contribution in [0.4, 0.5) is 10.6 Å². The molecule has 0 fully saturated rings. The minimum Gasteiger partial charge on any atom is -0.465 e. The van der Waals surface area contributed by atoms with Crippen molar-refractivity contribution < 1.29 is 9.90 Å². The Balaban J connectivity index is 3.06. The largest absolute Gasteiger partial charge is 0.465 e. The lowest BCUT2D eigenvalue weighted by Crippen LogP contribution is -2.13. The number of aromatic nitrogens is 2. The van der Waals surface area contributed by atoms with Gasteiger partial charge < -0.3 is 5.11 Å². The normalized spacial score (nSPS) is 11.5. The molecule has 5 nitrogen and oxygen atoms in total. The number of nitrogens with zero attached hydrogens (tertiary/aromatic N) is 2. The summed E-state index contributed by atoms with van der Waals surface area (Å²) < 4.78 is 1.65. The van der Waals surface area contributed by atoms with Crippen molar-refractivity contribution in [3.63, 3.8) is 0 Å². The molecule has 1 heterocycles. The van der Waals surface area contributed by atoms with Gasteiger partial charge in [0.15, 0.2) is 0 Å². The fraction of sp³-hybridized carbons (Fsp3) is 0.600. The quantitative estimate of drug-likeness (QED) is 0.788. The Bertz CT molecular complexity index is 363. The molecule has 1 rings (SSSR count). The fourth-order valence-corrected chi connectivity index (χ4v) is 1.23. The first-order chi connectivity index (χ1) is 6.84. The van der Waals surface area contributed by atoms with Crippen molar-refractivity contribution in [3.05, 3.63) is 11.8 Å². The molecule has 5 heteroatoms. The Morgan fingerprint density at radius 3 is 2.60 bits per heavy atom. The molecule has 0 aliphatic carbocycles. The van der Waals surface area contributed by atoms with Crippen LogP contribution in [0.5, 0.6) is 0 Å². The van der Waals surface area contributed by atoms with Gasteiger partial charge in [-0.1, -0.05) is 20.8 Å². The summed E-state index contributed by atoms with van der Waals surface area (Å²) in [6.45, 7) is 8.69. The van der Waals surface area contributed by atoms with Crippen LogP contribution in [-0.2, 0) is 12.0 Å². The summed E-state index contributed by atoms with van der Waals surface area (Å²) in [7, 11) is 0. The van der Waals surface area contributed by atoms with Crippen LogP contribution in [-0.4, -0.2) is 21.0 Å². The number of carbonyl (C=O) groups is 1. The van der Waals surface area contributed by atoms with E-state index >= 15 is 0 Å². The van der Waals surface area contributed by atoms with Gasteiger partial charge in [0.2, 0.25) is 0 Å². The first-order valence-electron chi connectivity index (χ1n) is 4.93. The molecule has 84 valence electrons. The highest BCUT2D eigenvalue weighted by molar-refractivity contribution is 5.81. The highest BCUT2D eigenvalue weighted by Crippen LogP contribution is 2.23. The number of amides is 1. The number of carboxylic acid groups (broad SMARTS) is 1. The number of rotatable bonds is 2. The third-order valence-corrected chi connectivity index (χ3v) is 2.08. The zero-order valence-corrected chi connectivity index (χ0v) is 9.53. The predicted molar refractivity (Wildman–Crippen MR) is 58.2 cm³/mol. The minimum absolute atomic E-state index is 0.0741. The van der Waals surface area contributed by atoms with Crippen molar-refractivity contribution in [2.75, 3.05) is 5.32 Å². The van der Waals surface area contributed by atoms with Gasteiger partial charge in [-0.05, 0) is 6.92 Å². The summed E-state index contributed by atoms with van der Waals surface area (Å²) in [5.74, 6) is 0.523. The van der Waals surface area contributed by atoms with Gasteiger partial charge in [0.05, 0.1) is 5.69 Å². The number of anilines is 1. The van der Waals surface area contributed by atoms with Gasteiger partial charge in [-0.3, -0.25) is 5.32 Å². The van der Waals surface area contributed by atoms with Crippen LogP contribution in [0.1, 0.15) is 33.4 Å². The molecular weight excluding hydrogens is 194 g/mol. The molecule has 0 aliphatic heterocycles. The average molecular weight is 211 g/mol. The summed E-state index contributed by atoms with van der Waals surface area (Å²) >= 11 is 0. The summed E-state index contributed by atoms with van der Waals surface area (Å²) in [4.78, 5) is 10.5. The second-order valence-electron chi connectivity index (χ2n) is 4.41. The summed E-state index contributed by atoms with van der Waals surface area (Å²) in [6.07, 6.45) is -1.06. The molecule has 1 aromatic rings. The van der Waals surface area contributed by atoms with Gasteiger partial charge in [0, 0.05) is 18.0 Å². The lowest BCUT2D eigenvalue weighted by molar-refractivity contribution is 0.209. The van der Waals surface area contributed by atoms with Crippen LogP contribution in [0.15, 0.2) is 6.07 Å². The summed E-state index contributed by atoms with van der Waals surface area (Å²) in [5, 5.41) is 15.3. The molecule has 0 atom stereocenters. The molecular formula is C10H17N3O2. The van der Waals surface area contributed by atoms with E-state index in [1.54, 1.807) is 10.7 Å². The van der Waals surface area contributed by atoms with Crippen LogP contribution >= 0.6 is 0 Å². The highest BCUT2D eigenvalue weighted by Gasteiger charge is 2.19. The highest BCUT2D eigenvalue weighted by atomic mass is 16.4. The van der Waals surface area contributed by atoms with Crippen LogP contribution in [0, 0.1) is 0 Å². The van der Waals surface area contributed by atoms with Gasteiger partial charge in [-0.25, -0.2) is 9.48 Å². The van der Waals surface area contributed by atoms with E-state index in [-0.39, 0.29) is 5.41 Å². The van der Waals surface area contributed by atoms with Gasteiger partial charge in [0.1, 0.15) is 5.82 Å². The van der Waals surface area contributed by atoms with E-state index in [1.165, 1.54) is 0 Å². The van der Waals surface area contributed by atoms with Gasteiger partial charge in [-0.2, -0.15) is 5.10 Å². The van der Waals surface area contributed by atoms with Gasteiger partial charge in [0.25, 0.3) is 0 Å². The fourth-order valence-electron chi connectivity index (χ4n) is 1.23. The van der Waals surface area contributed by atoms with E-state index in [9.17, 15) is 4.79 Å². The zero-order chi connectivity index (χ0) is 11.6. The molecule has 2 N–H and O–H groups in total. The lowest BCUT2D eigenvalue weighted by Gasteiger charge is -2.13. The molecule has 0 bridgehead atoms. The molecule has 0 radical (unpaired) electrons. The second kappa shape index (κ2) is 3.92. The van der Waals surface area contributed by atoms with Crippen molar-refractivity contribution in [2.24, 2.45) is 0 Å². The molecule has 1 amide bonds. The van der Waals surface area contributed by atoms with Crippen LogP contribution in [0.25, 0.3) is 0 Å². The molecule has 0 saturated carbocycles. The topological polar surface area (TPSA) is 67.2 Å². The predicted octanol–water partition coefficient (Wildman–Crippen LogP) is 2.29. The molecule has 15 heavy (non-hydrogen) atoms. The van der Waals surface area contributed by atoms with E-state index < -0.39 is 6.09 Å². The molecule has 0 aliphatic rings. The third-order valence-electron chi connectivity index (χ3n) is 2.08. The lowest BCUT2D eigenvalue weighted by atomic mass is 9.92. The van der Waals surface area contributed by atoms with Crippen molar-refractivity contribution in [1.82, 2.24) is 9.78 Å². The summed E-state index contributed by atoms with van der Waals surface area (Å²) in [6, 6.07) is 1.78. The van der Waals surface area contributed by atoms with E-state index in [2.05, 4.69) is 10.4 Å². The van der Waals surface area contributed by atoms with Crippen molar-refractivity contribution in [1.29, 1.82) is 0 Å². The zero-order valence-electron chi connectivity index (χ0n) is 9.53. The van der Waals surface area contributed by atoms with Crippen molar-refractivity contribution >= 4 is 11.9 Å². The molecule has 0 saturated heterocycles. The Hall–Kier alpha value is -1.52. The van der Waals surface area contributed by atoms with Crippen LogP contribution < -0.4 is 5.32 Å². The maximum atomic E-state index is 10.5. The SMILES string of the molecule is CCn1nc(C(C)(C)C)cc1NC(=O)O. The number of hydrogen-bond donors (Lipinski definition) is 2. The Morgan fingerprint density at radius 1 is 1.60 bits per heavy atom. The van der Waals surface area contributed by atoms with E-state index in [4.69, 9.17) is 5.11 Å². The maximum absolute atomic E-state index is 10.5. The molecule has 1 aromatic heterocycles. The molecule has 0 spiro atoms. The standard InChI is InChI=1S/C10H17N3O2/c1-5-13-8(11-9(14)15)6-7(12-13)10(2,3)4/h6,11H,5H2,1-4H3,(H,14,15). The average Bonchev–Trinajstić information content (AvgIpc) is 2.45. The minimum atomic E-state index is -1.06. The van der Waals surface area contributed by atoms with E-state index in [0.717, 1.165) is 5.69 Å². The van der Waals surface area contributed by atoms with Gasteiger partial charge >= 0.3 is 6.09 Å². The number of aryl methyl sites for hydroxylation is 1. The first kappa shape index (κ1) is 11.6. The molecule has 0 unspecified atom stereocenters. The smallest absolute Gasteiger partial charge is 0.410 e. The van der Waals surface area contributed by atoms with E-state index in [1.807, 2.05) is 27.7 Å². The first-order valence-corrected chi connectivity index (χ1v) is 4.93. The Kier molecular flexibility index (Phi) is 3.02. The Labute approximate surface area is 89.1 Å². The van der Waals surface area contributed by atoms with E-state index in [0.29, 0.717) is 12.4 Å². The van der Waals surface area contributed by atoms with Crippen LogP contribution in [0.2, 0.25) is 0 Å². The van der Waals surface area contributed by atoms with Crippen molar-refractivity contribution in [2.45, 2.75) is 39.7 Å². The van der Waals surface area contributed by atoms with Crippen molar-refractivity contribution in [3.8, 4) is 0 Å². The summed E-state index contributed by atoms with van der Waals surface area (Å²) in [5.41, 5.74) is 0.808.